The summed E-state index contributed by atoms with van der Waals surface area (Å²) in [5.74, 6) is -0.430. The number of ether oxygens (including phenoxy) is 1. The lowest BCUT2D eigenvalue weighted by molar-refractivity contribution is -0.122. The van der Waals surface area contributed by atoms with Crippen LogP contribution in [-0.4, -0.2) is 62.7 Å². The Hall–Kier alpha value is -2.90. The van der Waals surface area contributed by atoms with Crippen LogP contribution in [0.3, 0.4) is 0 Å². The van der Waals surface area contributed by atoms with Gasteiger partial charge in [0.15, 0.2) is 0 Å². The van der Waals surface area contributed by atoms with E-state index in [0.717, 1.165) is 38.2 Å². The van der Waals surface area contributed by atoms with E-state index in [1.54, 1.807) is 0 Å². The van der Waals surface area contributed by atoms with Crippen LogP contribution >= 0.6 is 0 Å². The monoisotopic (exact) mass is 450 g/mol. The SMILES string of the molecule is Cc1cccc([C@@H](CNC(=O)c2ccc(N3CCC[C@@H](C(N)=O)C3)cc2)N2CCOCC2)c1. The van der Waals surface area contributed by atoms with Crippen LogP contribution in [0.2, 0.25) is 0 Å². The summed E-state index contributed by atoms with van der Waals surface area (Å²) in [7, 11) is 0. The highest BCUT2D eigenvalue weighted by Crippen LogP contribution is 2.24. The fourth-order valence-electron chi connectivity index (χ4n) is 4.78. The molecule has 2 atom stereocenters. The molecule has 2 saturated heterocycles. The quantitative estimate of drug-likeness (QED) is 0.677. The van der Waals surface area contributed by atoms with E-state index in [1.807, 2.05) is 24.3 Å². The molecule has 2 amide bonds. The van der Waals surface area contributed by atoms with E-state index in [2.05, 4.69) is 46.3 Å². The normalized spacial score (nSPS) is 20.3. The van der Waals surface area contributed by atoms with Gasteiger partial charge < -0.3 is 20.7 Å². The number of hydrogen-bond acceptors (Lipinski definition) is 5. The first-order valence-electron chi connectivity index (χ1n) is 11.8. The van der Waals surface area contributed by atoms with Crippen molar-refractivity contribution in [2.75, 3.05) is 50.8 Å². The molecule has 7 heteroatoms. The fourth-order valence-corrected chi connectivity index (χ4v) is 4.78. The number of carbonyl (C=O) groups excluding carboxylic acids is 2. The van der Waals surface area contributed by atoms with Crippen LogP contribution in [0.15, 0.2) is 48.5 Å². The maximum Gasteiger partial charge on any atom is 0.251 e. The summed E-state index contributed by atoms with van der Waals surface area (Å²) in [5.41, 5.74) is 9.57. The van der Waals surface area contributed by atoms with E-state index in [0.29, 0.717) is 31.9 Å². The predicted molar refractivity (Wildman–Crippen MR) is 129 cm³/mol. The highest BCUT2D eigenvalue weighted by atomic mass is 16.5. The second-order valence-electron chi connectivity index (χ2n) is 9.02. The number of benzene rings is 2. The van der Waals surface area contributed by atoms with Gasteiger partial charge >= 0.3 is 0 Å². The summed E-state index contributed by atoms with van der Waals surface area (Å²) in [6, 6.07) is 16.2. The summed E-state index contributed by atoms with van der Waals surface area (Å²) < 4.78 is 5.53. The summed E-state index contributed by atoms with van der Waals surface area (Å²) in [4.78, 5) is 29.1. The van der Waals surface area contributed by atoms with Gasteiger partial charge in [0.05, 0.1) is 25.2 Å². The van der Waals surface area contributed by atoms with Gasteiger partial charge in [-0.2, -0.15) is 0 Å². The van der Waals surface area contributed by atoms with E-state index in [4.69, 9.17) is 10.5 Å². The zero-order valence-electron chi connectivity index (χ0n) is 19.3. The van der Waals surface area contributed by atoms with Crippen molar-refractivity contribution in [2.45, 2.75) is 25.8 Å². The predicted octanol–water partition coefficient (Wildman–Crippen LogP) is 2.50. The van der Waals surface area contributed by atoms with Crippen LogP contribution in [0.4, 0.5) is 5.69 Å². The highest BCUT2D eigenvalue weighted by Gasteiger charge is 2.25. The molecule has 7 nitrogen and oxygen atoms in total. The minimum Gasteiger partial charge on any atom is -0.379 e. The van der Waals surface area contributed by atoms with Crippen LogP contribution in [0.25, 0.3) is 0 Å². The van der Waals surface area contributed by atoms with Crippen LogP contribution in [-0.2, 0) is 9.53 Å². The Kier molecular flexibility index (Phi) is 7.62. The lowest BCUT2D eigenvalue weighted by atomic mass is 9.97. The average Bonchev–Trinajstić information content (AvgIpc) is 2.85. The molecule has 33 heavy (non-hydrogen) atoms. The van der Waals surface area contributed by atoms with Crippen molar-refractivity contribution in [1.29, 1.82) is 0 Å². The van der Waals surface area contributed by atoms with Gasteiger partial charge in [-0.05, 0) is 49.6 Å². The Morgan fingerprint density at radius 1 is 1.12 bits per heavy atom. The number of piperidine rings is 1. The second kappa shape index (κ2) is 10.8. The number of carbonyl (C=O) groups is 2. The zero-order chi connectivity index (χ0) is 23.2. The molecule has 4 rings (SSSR count). The number of rotatable bonds is 7. The van der Waals surface area contributed by atoms with Crippen LogP contribution in [0.1, 0.15) is 40.4 Å². The molecule has 2 aliphatic heterocycles. The van der Waals surface area contributed by atoms with Crippen molar-refractivity contribution in [3.8, 4) is 0 Å². The van der Waals surface area contributed by atoms with Crippen molar-refractivity contribution < 1.29 is 14.3 Å². The number of hydrogen-bond donors (Lipinski definition) is 2. The molecule has 2 aromatic rings. The van der Waals surface area contributed by atoms with Gasteiger partial charge in [0.1, 0.15) is 0 Å². The molecule has 0 bridgehead atoms. The summed E-state index contributed by atoms with van der Waals surface area (Å²) in [6.07, 6.45) is 1.79. The first-order valence-corrected chi connectivity index (χ1v) is 11.8. The number of nitrogens with two attached hydrogens (primary N) is 1. The molecule has 2 aliphatic rings. The van der Waals surface area contributed by atoms with Gasteiger partial charge in [0.25, 0.3) is 5.91 Å². The second-order valence-corrected chi connectivity index (χ2v) is 9.02. The standard InChI is InChI=1S/C26H34N4O3/c1-19-4-2-5-21(16-19)24(29-12-14-33-15-13-29)17-28-26(32)20-7-9-23(10-8-20)30-11-3-6-22(18-30)25(27)31/h2,4-5,7-10,16,22,24H,3,6,11-15,17-18H2,1H3,(H2,27,31)(H,28,32)/t22-,24-/m1/s1. The minimum absolute atomic E-state index is 0.0823. The van der Waals surface area contributed by atoms with Crippen molar-refractivity contribution >= 4 is 17.5 Å². The van der Waals surface area contributed by atoms with E-state index < -0.39 is 0 Å². The molecule has 176 valence electrons. The van der Waals surface area contributed by atoms with Crippen LogP contribution in [0.5, 0.6) is 0 Å². The number of anilines is 1. The number of primary amides is 1. The minimum atomic E-state index is -0.237. The van der Waals surface area contributed by atoms with Crippen LogP contribution in [0, 0.1) is 12.8 Å². The first kappa shape index (κ1) is 23.3. The Morgan fingerprint density at radius 3 is 2.58 bits per heavy atom. The van der Waals surface area contributed by atoms with E-state index in [9.17, 15) is 9.59 Å². The lowest BCUT2D eigenvalue weighted by Crippen LogP contribution is -2.43. The topological polar surface area (TPSA) is 87.9 Å². The first-order chi connectivity index (χ1) is 16.0. The number of nitrogens with zero attached hydrogens (tertiary/aromatic N) is 2. The molecule has 0 saturated carbocycles. The third-order valence-electron chi connectivity index (χ3n) is 6.69. The third-order valence-corrected chi connectivity index (χ3v) is 6.69. The summed E-state index contributed by atoms with van der Waals surface area (Å²) in [5, 5.41) is 3.14. The number of morpholine rings is 1. The van der Waals surface area contributed by atoms with E-state index >= 15 is 0 Å². The van der Waals surface area contributed by atoms with Gasteiger partial charge in [0.2, 0.25) is 5.91 Å². The van der Waals surface area contributed by atoms with Gasteiger partial charge in [-0.25, -0.2) is 0 Å². The van der Waals surface area contributed by atoms with Crippen molar-refractivity contribution in [3.63, 3.8) is 0 Å². The summed E-state index contributed by atoms with van der Waals surface area (Å²) >= 11 is 0. The highest BCUT2D eigenvalue weighted by molar-refractivity contribution is 5.94. The Morgan fingerprint density at radius 2 is 1.88 bits per heavy atom. The fraction of sp³-hybridized carbons (Fsp3) is 0.462. The largest absolute Gasteiger partial charge is 0.379 e. The van der Waals surface area contributed by atoms with E-state index in [1.165, 1.54) is 11.1 Å². The molecule has 2 aromatic carbocycles. The maximum atomic E-state index is 12.9. The third kappa shape index (κ3) is 5.92. The lowest BCUT2D eigenvalue weighted by Gasteiger charge is -2.35. The average molecular weight is 451 g/mol. The molecule has 0 aromatic heterocycles. The number of nitrogens with one attached hydrogen (secondary N) is 1. The zero-order valence-corrected chi connectivity index (χ0v) is 19.3. The molecule has 0 spiro atoms. The number of amides is 2. The van der Waals surface area contributed by atoms with Crippen molar-refractivity contribution in [2.24, 2.45) is 11.7 Å². The Bertz CT molecular complexity index is 956. The van der Waals surface area contributed by atoms with E-state index in [-0.39, 0.29) is 23.8 Å². The van der Waals surface area contributed by atoms with Crippen molar-refractivity contribution in [1.82, 2.24) is 10.2 Å². The van der Waals surface area contributed by atoms with Crippen LogP contribution < -0.4 is 16.0 Å². The molecule has 0 aliphatic carbocycles. The molecule has 0 radical (unpaired) electrons. The van der Waals surface area contributed by atoms with Gasteiger partial charge in [-0.1, -0.05) is 29.8 Å². The summed E-state index contributed by atoms with van der Waals surface area (Å²) in [6.45, 7) is 7.29. The molecular weight excluding hydrogens is 416 g/mol. The Balaban J connectivity index is 1.40. The Labute approximate surface area is 195 Å². The smallest absolute Gasteiger partial charge is 0.251 e. The van der Waals surface area contributed by atoms with Gasteiger partial charge in [0, 0.05) is 44.0 Å². The van der Waals surface area contributed by atoms with Gasteiger partial charge in [-0.15, -0.1) is 0 Å². The molecular formula is C26H34N4O3. The van der Waals surface area contributed by atoms with Crippen molar-refractivity contribution in [3.05, 3.63) is 65.2 Å². The molecule has 2 fully saturated rings. The molecule has 0 unspecified atom stereocenters. The van der Waals surface area contributed by atoms with Gasteiger partial charge in [-0.3, -0.25) is 14.5 Å². The number of aryl methyl sites for hydroxylation is 1. The molecule has 3 N–H and O–H groups in total. The molecule has 2 heterocycles. The maximum absolute atomic E-state index is 12.9.